The number of nitrogens with zero attached hydrogens (tertiary/aromatic N) is 6. The van der Waals surface area contributed by atoms with E-state index in [4.69, 9.17) is 43.2 Å². The lowest BCUT2D eigenvalue weighted by Gasteiger charge is -2.15. The van der Waals surface area contributed by atoms with E-state index in [0.717, 1.165) is 188 Å². The number of aromatic nitrogens is 6. The molecule has 25 aromatic rings. The predicted octanol–water partition coefficient (Wildman–Crippen LogP) is 30.2. The van der Waals surface area contributed by atoms with E-state index in [2.05, 4.69) is 279 Å². The van der Waals surface area contributed by atoms with Crippen molar-refractivity contribution in [2.75, 3.05) is 0 Å². The van der Waals surface area contributed by atoms with Crippen LogP contribution in [-0.2, 0) is 0 Å². The SMILES string of the molecule is c1ccc(-c2nc3ccccc3nc2-c2ccc(-c3cccc4oc5ccccc5c34)c3ccccc23)cc1.c1ccc2cc(-c3ccc(-c4nc5ccccc5nc4-c4ccc5oc6ccccc6c5c4)cc3)ccc2c1.c1ccc2cc(-c3nc(-c4ccc(-c5cccc6oc7ccccc7c56)c5ccccc45)cc4ncccc34)ccc2c1. The van der Waals surface area contributed by atoms with Gasteiger partial charge >= 0.3 is 0 Å². The molecule has 0 spiro atoms. The molecule has 0 saturated carbocycles. The molecule has 0 bridgehead atoms. The Morgan fingerprint density at radius 3 is 1.14 bits per heavy atom. The molecule has 7 heterocycles. The first-order valence-corrected chi connectivity index (χ1v) is 40.7. The summed E-state index contributed by atoms with van der Waals surface area (Å²) < 4.78 is 18.5. The standard InChI is InChI=1S/C40H24N2O.2C36H22N2O/c1-2-10-26-23-27(19-18-25(26)9-1)40-33-15-8-22-41-35(33)24-36(42-40)31-21-20-30(28-11-3-4-12-29(28)31)32-14-7-17-38-39(32)34-13-5-6-16-37(34)43-38;1-2-8-26-21-27(18-15-23(26)7-1)24-13-16-25(17-14-24)35-36(38-32-11-5-4-10-31(32)37-35)28-19-20-34-30(22-28)29-9-3-6-12-33(29)39-34;1-2-11-23(12-3-1)35-36(38-31-18-8-7-17-30(31)37-35)28-22-21-26(24-13-4-5-14-25(24)28)27-16-10-20-33-34(27)29-15-6-9-19-32(29)39-33/h1-24H;2*1-22H. The van der Waals surface area contributed by atoms with E-state index < -0.39 is 0 Å². The van der Waals surface area contributed by atoms with Gasteiger partial charge < -0.3 is 13.3 Å². The summed E-state index contributed by atoms with van der Waals surface area (Å²) >= 11 is 0. The lowest BCUT2D eigenvalue weighted by atomic mass is 9.90. The van der Waals surface area contributed by atoms with Crippen molar-refractivity contribution in [3.8, 4) is 101 Å². The van der Waals surface area contributed by atoms with E-state index in [1.165, 1.54) is 54.6 Å². The van der Waals surface area contributed by atoms with E-state index in [1.54, 1.807) is 0 Å². The third-order valence-corrected chi connectivity index (χ3v) is 23.5. The number of hydrogen-bond donors (Lipinski definition) is 0. The molecule has 0 aliphatic heterocycles. The summed E-state index contributed by atoms with van der Waals surface area (Å²) in [6.45, 7) is 0. The van der Waals surface area contributed by atoms with Crippen LogP contribution in [0.1, 0.15) is 0 Å². The summed E-state index contributed by atoms with van der Waals surface area (Å²) in [6, 6.07) is 141. The van der Waals surface area contributed by atoms with Crippen molar-refractivity contribution in [1.29, 1.82) is 0 Å². The van der Waals surface area contributed by atoms with Gasteiger partial charge in [-0.1, -0.05) is 303 Å². The van der Waals surface area contributed by atoms with E-state index in [9.17, 15) is 0 Å². The van der Waals surface area contributed by atoms with Crippen molar-refractivity contribution in [3.63, 3.8) is 0 Å². The molecule has 0 aliphatic rings. The number of pyridine rings is 2. The number of benzene rings is 18. The summed E-state index contributed by atoms with van der Waals surface area (Å²) in [6.07, 6.45) is 1.85. The minimum atomic E-state index is 0.860. The minimum absolute atomic E-state index is 0.860. The fourth-order valence-corrected chi connectivity index (χ4v) is 17.7. The second kappa shape index (κ2) is 29.4. The molecule has 0 amide bonds. The lowest BCUT2D eigenvalue weighted by Crippen LogP contribution is -1.96. The molecule has 9 nitrogen and oxygen atoms in total. The Bertz CT molecular complexity index is 8440. The van der Waals surface area contributed by atoms with Gasteiger partial charge in [0.25, 0.3) is 0 Å². The van der Waals surface area contributed by atoms with Gasteiger partial charge in [0.15, 0.2) is 0 Å². The molecule has 0 radical (unpaired) electrons. The normalized spacial score (nSPS) is 11.6. The molecule has 25 rings (SSSR count). The highest BCUT2D eigenvalue weighted by atomic mass is 16.3. The highest BCUT2D eigenvalue weighted by Gasteiger charge is 2.24. The Labute approximate surface area is 694 Å². The number of para-hydroxylation sites is 7. The van der Waals surface area contributed by atoms with Gasteiger partial charge in [-0.3, -0.25) is 4.98 Å². The molecule has 0 unspecified atom stereocenters. The van der Waals surface area contributed by atoms with Crippen LogP contribution in [0.25, 0.3) is 243 Å². The maximum Gasteiger partial charge on any atom is 0.136 e. The monoisotopic (exact) mass is 1540 g/mol. The first kappa shape index (κ1) is 70.1. The Balaban J connectivity index is 0.000000106. The van der Waals surface area contributed by atoms with E-state index >= 15 is 0 Å². The third kappa shape index (κ3) is 12.5. The number of rotatable bonds is 9. The lowest BCUT2D eigenvalue weighted by molar-refractivity contribution is 0.668. The molecular formula is C112H68N6O3. The molecule has 9 heteroatoms. The molecule has 564 valence electrons. The molecule has 0 saturated heterocycles. The molecule has 0 N–H and O–H groups in total. The average molecular weight is 1550 g/mol. The van der Waals surface area contributed by atoms with Crippen LogP contribution in [0.15, 0.2) is 426 Å². The Morgan fingerprint density at radius 1 is 0.165 bits per heavy atom. The molecular weight excluding hydrogens is 1480 g/mol. The molecule has 7 aromatic heterocycles. The zero-order valence-corrected chi connectivity index (χ0v) is 65.2. The zero-order valence-electron chi connectivity index (χ0n) is 65.2. The van der Waals surface area contributed by atoms with Crippen LogP contribution in [0.4, 0.5) is 0 Å². The number of hydrogen-bond acceptors (Lipinski definition) is 9. The van der Waals surface area contributed by atoms with Gasteiger partial charge in [-0.25, -0.2) is 24.9 Å². The van der Waals surface area contributed by atoms with E-state index in [0.29, 0.717) is 0 Å². The fraction of sp³-hybridized carbons (Fsp3) is 0. The van der Waals surface area contributed by atoms with E-state index in [-0.39, 0.29) is 0 Å². The maximum absolute atomic E-state index is 6.23. The van der Waals surface area contributed by atoms with Crippen LogP contribution < -0.4 is 0 Å². The van der Waals surface area contributed by atoms with Crippen molar-refractivity contribution in [2.24, 2.45) is 0 Å². The first-order valence-electron chi connectivity index (χ1n) is 40.7. The van der Waals surface area contributed by atoms with Crippen LogP contribution >= 0.6 is 0 Å². The van der Waals surface area contributed by atoms with Gasteiger partial charge in [0.05, 0.1) is 61.7 Å². The van der Waals surface area contributed by atoms with Crippen molar-refractivity contribution in [1.82, 2.24) is 29.9 Å². The second-order valence-electron chi connectivity index (χ2n) is 30.6. The number of fused-ring (bicyclic) bond motifs is 16. The third-order valence-electron chi connectivity index (χ3n) is 23.5. The van der Waals surface area contributed by atoms with Crippen LogP contribution in [0.5, 0.6) is 0 Å². The highest BCUT2D eigenvalue weighted by molar-refractivity contribution is 6.19. The smallest absolute Gasteiger partial charge is 0.136 e. The van der Waals surface area contributed by atoms with Gasteiger partial charge in [0, 0.05) is 77.3 Å². The Kier molecular flexibility index (Phi) is 17.0. The van der Waals surface area contributed by atoms with Gasteiger partial charge in [-0.05, 0) is 180 Å². The number of furan rings is 3. The quantitative estimate of drug-likeness (QED) is 0.139. The average Bonchev–Trinajstić information content (AvgIpc) is 1.74. The van der Waals surface area contributed by atoms with Crippen LogP contribution in [-0.4, -0.2) is 29.9 Å². The van der Waals surface area contributed by atoms with Crippen LogP contribution in [0, 0.1) is 0 Å². The van der Waals surface area contributed by atoms with Crippen LogP contribution in [0.2, 0.25) is 0 Å². The molecule has 0 atom stereocenters. The summed E-state index contributed by atoms with van der Waals surface area (Å²) in [5, 5.41) is 17.3. The largest absolute Gasteiger partial charge is 0.456 e. The summed E-state index contributed by atoms with van der Waals surface area (Å²) in [7, 11) is 0. The van der Waals surface area contributed by atoms with Crippen LogP contribution in [0.3, 0.4) is 0 Å². The molecule has 121 heavy (non-hydrogen) atoms. The Hall–Kier alpha value is -16.4. The maximum atomic E-state index is 6.23. The predicted molar refractivity (Wildman–Crippen MR) is 499 cm³/mol. The van der Waals surface area contributed by atoms with Gasteiger partial charge in [0.2, 0.25) is 0 Å². The van der Waals surface area contributed by atoms with Crippen molar-refractivity contribution >= 4 is 142 Å². The van der Waals surface area contributed by atoms with E-state index in [1.807, 2.05) is 134 Å². The van der Waals surface area contributed by atoms with Gasteiger partial charge in [-0.2, -0.15) is 0 Å². The van der Waals surface area contributed by atoms with Gasteiger partial charge in [0.1, 0.15) is 33.5 Å². The Morgan fingerprint density at radius 2 is 0.545 bits per heavy atom. The minimum Gasteiger partial charge on any atom is -0.456 e. The first-order chi connectivity index (χ1) is 60.0. The fourth-order valence-electron chi connectivity index (χ4n) is 17.7. The van der Waals surface area contributed by atoms with Crippen molar-refractivity contribution in [2.45, 2.75) is 0 Å². The summed E-state index contributed by atoms with van der Waals surface area (Å²) in [5.74, 6) is 0. The molecule has 0 aliphatic carbocycles. The molecule has 18 aromatic carbocycles. The zero-order chi connectivity index (χ0) is 79.9. The van der Waals surface area contributed by atoms with Gasteiger partial charge in [-0.15, -0.1) is 0 Å². The molecule has 0 fully saturated rings. The van der Waals surface area contributed by atoms with Crippen molar-refractivity contribution in [3.05, 3.63) is 413 Å². The summed E-state index contributed by atoms with van der Waals surface area (Å²) in [4.78, 5) is 30.6. The van der Waals surface area contributed by atoms with Crippen molar-refractivity contribution < 1.29 is 13.3 Å². The second-order valence-corrected chi connectivity index (χ2v) is 30.6. The summed E-state index contributed by atoms with van der Waals surface area (Å²) in [5.41, 5.74) is 28.5. The topological polar surface area (TPSA) is 117 Å². The highest BCUT2D eigenvalue weighted by Crippen LogP contribution is 2.47.